The first-order valence-corrected chi connectivity index (χ1v) is 11.0. The lowest BCUT2D eigenvalue weighted by Gasteiger charge is -2.26. The smallest absolute Gasteiger partial charge is 0.223 e. The van der Waals surface area contributed by atoms with Gasteiger partial charge in [-0.1, -0.05) is 0 Å². The van der Waals surface area contributed by atoms with Crippen LogP contribution in [-0.4, -0.2) is 53.3 Å². The first-order valence-electron chi connectivity index (χ1n) is 8.33. The van der Waals surface area contributed by atoms with Crippen molar-refractivity contribution in [2.75, 3.05) is 18.1 Å². The zero-order chi connectivity index (χ0) is 17.9. The predicted molar refractivity (Wildman–Crippen MR) is 98.1 cm³/mol. The molecule has 0 saturated carbocycles. The molecule has 2 aromatic rings. The second kappa shape index (κ2) is 7.61. The molecule has 0 spiro atoms. The van der Waals surface area contributed by atoms with Crippen molar-refractivity contribution in [3.05, 3.63) is 35.6 Å². The fraction of sp³-hybridized carbons (Fsp3) is 0.471. The molecular weight excluding hydrogens is 358 g/mol. The van der Waals surface area contributed by atoms with E-state index in [1.54, 1.807) is 28.6 Å². The second-order valence-electron chi connectivity index (χ2n) is 6.12. The maximum atomic E-state index is 12.5. The minimum absolute atomic E-state index is 0.00283. The van der Waals surface area contributed by atoms with E-state index in [0.717, 1.165) is 16.3 Å². The average Bonchev–Trinajstić information content (AvgIpc) is 3.21. The van der Waals surface area contributed by atoms with Crippen molar-refractivity contribution in [1.82, 2.24) is 14.9 Å². The van der Waals surface area contributed by atoms with Crippen LogP contribution in [0.3, 0.4) is 0 Å². The summed E-state index contributed by atoms with van der Waals surface area (Å²) >= 11 is 1.55. The largest absolute Gasteiger partial charge is 0.339 e. The summed E-state index contributed by atoms with van der Waals surface area (Å²) in [6.45, 7) is 2.44. The van der Waals surface area contributed by atoms with Crippen molar-refractivity contribution in [1.29, 1.82) is 0 Å². The molecule has 0 N–H and O–H groups in total. The van der Waals surface area contributed by atoms with Crippen LogP contribution in [-0.2, 0) is 21.1 Å². The molecule has 134 valence electrons. The minimum Gasteiger partial charge on any atom is -0.339 e. The molecule has 1 unspecified atom stereocenters. The molecule has 3 heterocycles. The molecule has 1 amide bonds. The van der Waals surface area contributed by atoms with Gasteiger partial charge in [-0.2, -0.15) is 0 Å². The van der Waals surface area contributed by atoms with Gasteiger partial charge in [-0.15, -0.1) is 11.3 Å². The van der Waals surface area contributed by atoms with Crippen LogP contribution in [0.1, 0.15) is 25.5 Å². The van der Waals surface area contributed by atoms with Gasteiger partial charge in [-0.25, -0.2) is 13.4 Å². The van der Waals surface area contributed by atoms with E-state index in [2.05, 4.69) is 9.97 Å². The Morgan fingerprint density at radius 2 is 2.12 bits per heavy atom. The Kier molecular flexibility index (Phi) is 5.48. The van der Waals surface area contributed by atoms with Gasteiger partial charge in [0, 0.05) is 42.3 Å². The molecule has 1 fully saturated rings. The number of carbonyl (C=O) groups is 1. The van der Waals surface area contributed by atoms with Gasteiger partial charge in [-0.05, 0) is 31.9 Å². The molecule has 0 aromatic carbocycles. The second-order valence-corrected chi connectivity index (χ2v) is 9.20. The Morgan fingerprint density at radius 3 is 2.76 bits per heavy atom. The Morgan fingerprint density at radius 1 is 1.36 bits per heavy atom. The predicted octanol–water partition coefficient (Wildman–Crippen LogP) is 2.17. The number of aromatic nitrogens is 2. The highest BCUT2D eigenvalue weighted by atomic mass is 32.2. The summed E-state index contributed by atoms with van der Waals surface area (Å²) < 4.78 is 23.3. The quantitative estimate of drug-likeness (QED) is 0.768. The molecule has 3 rings (SSSR count). The Balaban J connectivity index is 1.59. The molecule has 6 nitrogen and oxygen atoms in total. The molecule has 8 heteroatoms. The third-order valence-electron chi connectivity index (χ3n) is 4.38. The molecule has 1 atom stereocenters. The van der Waals surface area contributed by atoms with E-state index in [9.17, 15) is 13.2 Å². The van der Waals surface area contributed by atoms with E-state index in [-0.39, 0.29) is 23.5 Å². The van der Waals surface area contributed by atoms with Gasteiger partial charge >= 0.3 is 0 Å². The Labute approximate surface area is 151 Å². The number of carbonyl (C=O) groups excluding carboxylic acids is 1. The molecule has 1 aliphatic rings. The van der Waals surface area contributed by atoms with Gasteiger partial charge in [-0.3, -0.25) is 9.78 Å². The zero-order valence-electron chi connectivity index (χ0n) is 14.1. The van der Waals surface area contributed by atoms with Crippen LogP contribution in [0.4, 0.5) is 0 Å². The van der Waals surface area contributed by atoms with Crippen molar-refractivity contribution < 1.29 is 13.2 Å². The topological polar surface area (TPSA) is 80.2 Å². The fourth-order valence-electron chi connectivity index (χ4n) is 3.09. The van der Waals surface area contributed by atoms with E-state index in [4.69, 9.17) is 0 Å². The van der Waals surface area contributed by atoms with Crippen molar-refractivity contribution in [3.8, 4) is 10.6 Å². The normalized spacial score (nSPS) is 19.0. The molecule has 1 aliphatic heterocycles. The van der Waals surface area contributed by atoms with E-state index < -0.39 is 9.84 Å². The number of nitrogens with zero attached hydrogens (tertiary/aromatic N) is 3. The number of amides is 1. The fourth-order valence-corrected chi connectivity index (χ4v) is 5.68. The van der Waals surface area contributed by atoms with Gasteiger partial charge in [0.1, 0.15) is 5.01 Å². The summed E-state index contributed by atoms with van der Waals surface area (Å²) in [6.07, 6.45) is 4.93. The monoisotopic (exact) mass is 379 g/mol. The molecule has 1 saturated heterocycles. The van der Waals surface area contributed by atoms with Crippen LogP contribution in [0.2, 0.25) is 0 Å². The number of pyridine rings is 1. The van der Waals surface area contributed by atoms with E-state index in [1.165, 1.54) is 0 Å². The number of aryl methyl sites for hydroxylation is 1. The molecule has 0 aliphatic carbocycles. The first-order chi connectivity index (χ1) is 12.0. The highest BCUT2D eigenvalue weighted by molar-refractivity contribution is 7.91. The van der Waals surface area contributed by atoms with E-state index in [0.29, 0.717) is 25.8 Å². The van der Waals surface area contributed by atoms with E-state index >= 15 is 0 Å². The van der Waals surface area contributed by atoms with Crippen LogP contribution >= 0.6 is 11.3 Å². The van der Waals surface area contributed by atoms with Crippen molar-refractivity contribution >= 4 is 27.1 Å². The SMILES string of the molecule is CCN(C(=O)CCc1csc(-c2ccncc2)n1)C1CCS(=O)(=O)C1. The number of hydrogen-bond donors (Lipinski definition) is 0. The lowest BCUT2D eigenvalue weighted by atomic mass is 10.1. The molecule has 25 heavy (non-hydrogen) atoms. The standard InChI is InChI=1S/C17H21N3O3S2/c1-2-20(15-7-10-25(22,23)12-15)16(21)4-3-14-11-24-17(19-14)13-5-8-18-9-6-13/h5-6,8-9,11,15H,2-4,7,10,12H2,1H3. The lowest BCUT2D eigenvalue weighted by molar-refractivity contribution is -0.132. The van der Waals surface area contributed by atoms with Gasteiger partial charge in [0.15, 0.2) is 9.84 Å². The number of hydrogen-bond acceptors (Lipinski definition) is 6. The van der Waals surface area contributed by atoms with Crippen LogP contribution in [0, 0.1) is 0 Å². The molecular formula is C17H21N3O3S2. The molecule has 2 aromatic heterocycles. The lowest BCUT2D eigenvalue weighted by Crippen LogP contribution is -2.41. The van der Waals surface area contributed by atoms with Crippen molar-refractivity contribution in [2.45, 2.75) is 32.2 Å². The summed E-state index contributed by atoms with van der Waals surface area (Å²) in [5.41, 5.74) is 1.91. The van der Waals surface area contributed by atoms with Gasteiger partial charge < -0.3 is 4.90 Å². The molecule has 0 radical (unpaired) electrons. The Hall–Kier alpha value is -1.80. The van der Waals surface area contributed by atoms with Crippen LogP contribution in [0.25, 0.3) is 10.6 Å². The first kappa shape index (κ1) is 18.0. The third-order valence-corrected chi connectivity index (χ3v) is 7.07. The van der Waals surface area contributed by atoms with Gasteiger partial charge in [0.25, 0.3) is 0 Å². The average molecular weight is 380 g/mol. The summed E-state index contributed by atoms with van der Waals surface area (Å²) in [5.74, 6) is 0.279. The van der Waals surface area contributed by atoms with Crippen LogP contribution in [0.15, 0.2) is 29.9 Å². The summed E-state index contributed by atoms with van der Waals surface area (Å²) in [6, 6.07) is 3.64. The number of thiazole rings is 1. The molecule has 0 bridgehead atoms. The minimum atomic E-state index is -2.99. The zero-order valence-corrected chi connectivity index (χ0v) is 15.7. The van der Waals surface area contributed by atoms with Crippen LogP contribution in [0.5, 0.6) is 0 Å². The summed E-state index contributed by atoms with van der Waals surface area (Å²) in [4.78, 5) is 22.8. The number of sulfone groups is 1. The Bertz CT molecular complexity index is 834. The van der Waals surface area contributed by atoms with Crippen LogP contribution < -0.4 is 0 Å². The van der Waals surface area contributed by atoms with Crippen molar-refractivity contribution in [3.63, 3.8) is 0 Å². The maximum absolute atomic E-state index is 12.5. The highest BCUT2D eigenvalue weighted by Gasteiger charge is 2.33. The van der Waals surface area contributed by atoms with E-state index in [1.807, 2.05) is 24.4 Å². The highest BCUT2D eigenvalue weighted by Crippen LogP contribution is 2.24. The van der Waals surface area contributed by atoms with Crippen molar-refractivity contribution in [2.24, 2.45) is 0 Å². The van der Waals surface area contributed by atoms with Gasteiger partial charge in [0.05, 0.1) is 17.2 Å². The summed E-state index contributed by atoms with van der Waals surface area (Å²) in [5, 5.41) is 2.89. The maximum Gasteiger partial charge on any atom is 0.223 e. The number of rotatable bonds is 6. The third kappa shape index (κ3) is 4.43. The van der Waals surface area contributed by atoms with Gasteiger partial charge in [0.2, 0.25) is 5.91 Å². The summed E-state index contributed by atoms with van der Waals surface area (Å²) in [7, 11) is -2.99.